The topological polar surface area (TPSA) is 52.6 Å². The van der Waals surface area contributed by atoms with Crippen LogP contribution in [0.25, 0.3) is 0 Å². The maximum Gasteiger partial charge on any atom is 0.320 e. The van der Waals surface area contributed by atoms with Gasteiger partial charge in [0.05, 0.1) is 0 Å². The van der Waals surface area contributed by atoms with Crippen molar-refractivity contribution in [2.45, 2.75) is 64.6 Å². The van der Waals surface area contributed by atoms with E-state index in [9.17, 15) is 4.79 Å². The number of hydrogen-bond acceptors (Lipinski definition) is 3. The largest absolute Gasteiger partial charge is 0.480 e. The molecule has 0 radical (unpaired) electrons. The van der Waals surface area contributed by atoms with E-state index in [1.54, 1.807) is 0 Å². The van der Waals surface area contributed by atoms with E-state index in [1.807, 2.05) is 0 Å². The van der Waals surface area contributed by atoms with Crippen LogP contribution in [0.2, 0.25) is 0 Å². The Balaban J connectivity index is 2.29. The lowest BCUT2D eigenvalue weighted by molar-refractivity contribution is -0.139. The molecule has 1 rings (SSSR count). The third kappa shape index (κ3) is 5.83. The molecular weight excluding hydrogens is 228 g/mol. The monoisotopic (exact) mass is 256 g/mol. The van der Waals surface area contributed by atoms with Crippen molar-refractivity contribution in [3.8, 4) is 0 Å². The van der Waals surface area contributed by atoms with Crippen molar-refractivity contribution in [2.75, 3.05) is 13.6 Å². The fraction of sp³-hybridized carbons (Fsp3) is 0.929. The van der Waals surface area contributed by atoms with Gasteiger partial charge in [0.1, 0.15) is 6.04 Å². The molecule has 0 aliphatic heterocycles. The lowest BCUT2D eigenvalue weighted by atomic mass is 10.0. The van der Waals surface area contributed by atoms with Gasteiger partial charge in [0.25, 0.3) is 0 Å². The Labute approximate surface area is 111 Å². The molecule has 1 fully saturated rings. The second kappa shape index (κ2) is 7.10. The van der Waals surface area contributed by atoms with Crippen LogP contribution in [0.3, 0.4) is 0 Å². The van der Waals surface area contributed by atoms with E-state index in [0.717, 1.165) is 25.8 Å². The fourth-order valence-corrected chi connectivity index (χ4v) is 2.23. The molecule has 18 heavy (non-hydrogen) atoms. The van der Waals surface area contributed by atoms with Gasteiger partial charge in [-0.05, 0) is 45.6 Å². The normalized spacial score (nSPS) is 19.2. The number of hydrogen-bond donors (Lipinski definition) is 2. The van der Waals surface area contributed by atoms with Crippen molar-refractivity contribution in [3.63, 3.8) is 0 Å². The second-order valence-corrected chi connectivity index (χ2v) is 6.08. The lowest BCUT2D eigenvalue weighted by Gasteiger charge is -2.27. The molecule has 0 aromatic heterocycles. The molecule has 1 aliphatic rings. The van der Waals surface area contributed by atoms with Crippen LogP contribution in [-0.2, 0) is 4.79 Å². The van der Waals surface area contributed by atoms with Gasteiger partial charge in [0.15, 0.2) is 0 Å². The maximum absolute atomic E-state index is 11.1. The first-order valence-corrected chi connectivity index (χ1v) is 7.09. The Morgan fingerprint density at radius 2 is 2.00 bits per heavy atom. The summed E-state index contributed by atoms with van der Waals surface area (Å²) in [6, 6.07) is 0.580. The zero-order chi connectivity index (χ0) is 13.7. The van der Waals surface area contributed by atoms with Crippen LogP contribution in [0.1, 0.15) is 46.5 Å². The van der Waals surface area contributed by atoms with E-state index in [4.69, 9.17) is 5.11 Å². The number of nitrogens with one attached hydrogen (secondary N) is 1. The van der Waals surface area contributed by atoms with Crippen molar-refractivity contribution in [3.05, 3.63) is 0 Å². The van der Waals surface area contributed by atoms with Crippen LogP contribution < -0.4 is 5.32 Å². The molecule has 0 spiro atoms. The van der Waals surface area contributed by atoms with E-state index in [2.05, 4.69) is 38.0 Å². The summed E-state index contributed by atoms with van der Waals surface area (Å²) in [5.41, 5.74) is 0. The second-order valence-electron chi connectivity index (χ2n) is 6.08. The summed E-state index contributed by atoms with van der Waals surface area (Å²) < 4.78 is 0. The van der Waals surface area contributed by atoms with Crippen molar-refractivity contribution < 1.29 is 9.90 Å². The molecule has 2 unspecified atom stereocenters. The molecular formula is C14H28N2O2. The molecule has 0 heterocycles. The predicted octanol–water partition coefficient (Wildman–Crippen LogP) is 1.95. The maximum atomic E-state index is 11.1. The Hall–Kier alpha value is -0.610. The molecule has 0 aromatic rings. The quantitative estimate of drug-likeness (QED) is 0.662. The summed E-state index contributed by atoms with van der Waals surface area (Å²) in [6.07, 6.45) is 4.10. The summed E-state index contributed by atoms with van der Waals surface area (Å²) in [6.45, 7) is 7.49. The third-order valence-corrected chi connectivity index (χ3v) is 3.65. The van der Waals surface area contributed by atoms with Crippen LogP contribution in [0, 0.1) is 5.92 Å². The van der Waals surface area contributed by atoms with Gasteiger partial charge in [0, 0.05) is 18.6 Å². The summed E-state index contributed by atoms with van der Waals surface area (Å²) in [5.74, 6) is -0.0332. The van der Waals surface area contributed by atoms with Crippen molar-refractivity contribution in [1.82, 2.24) is 10.2 Å². The molecule has 1 saturated carbocycles. The SMILES string of the molecule is CC(C)CC(C)N(C)CCC(NC1CC1)C(=O)O. The fourth-order valence-electron chi connectivity index (χ4n) is 2.23. The lowest BCUT2D eigenvalue weighted by Crippen LogP contribution is -2.42. The highest BCUT2D eigenvalue weighted by Gasteiger charge is 2.28. The van der Waals surface area contributed by atoms with Crippen LogP contribution in [0.4, 0.5) is 0 Å². The average Bonchev–Trinajstić information content (AvgIpc) is 3.05. The Kier molecular flexibility index (Phi) is 6.09. The van der Waals surface area contributed by atoms with Gasteiger partial charge in [-0.2, -0.15) is 0 Å². The predicted molar refractivity (Wildman–Crippen MR) is 73.7 cm³/mol. The number of carboxylic acid groups (broad SMARTS) is 1. The number of carboxylic acids is 1. The zero-order valence-electron chi connectivity index (χ0n) is 12.1. The minimum absolute atomic E-state index is 0.383. The molecule has 2 N–H and O–H groups in total. The van der Waals surface area contributed by atoms with Gasteiger partial charge >= 0.3 is 5.97 Å². The average molecular weight is 256 g/mol. The first-order chi connectivity index (χ1) is 8.40. The first-order valence-electron chi connectivity index (χ1n) is 7.09. The number of nitrogens with zero attached hydrogens (tertiary/aromatic N) is 1. The van der Waals surface area contributed by atoms with Gasteiger partial charge in [-0.15, -0.1) is 0 Å². The van der Waals surface area contributed by atoms with Crippen molar-refractivity contribution in [2.24, 2.45) is 5.92 Å². The molecule has 0 amide bonds. The summed E-state index contributed by atoms with van der Waals surface area (Å²) in [5, 5.41) is 12.4. The van der Waals surface area contributed by atoms with Gasteiger partial charge in [-0.3, -0.25) is 4.79 Å². The molecule has 106 valence electrons. The highest BCUT2D eigenvalue weighted by molar-refractivity contribution is 5.73. The summed E-state index contributed by atoms with van der Waals surface area (Å²) in [7, 11) is 2.09. The van der Waals surface area contributed by atoms with Crippen LogP contribution in [0.5, 0.6) is 0 Å². The van der Waals surface area contributed by atoms with Gasteiger partial charge in [-0.25, -0.2) is 0 Å². The Bertz CT molecular complexity index is 265. The molecule has 4 nitrogen and oxygen atoms in total. The van der Waals surface area contributed by atoms with Crippen molar-refractivity contribution in [1.29, 1.82) is 0 Å². The van der Waals surface area contributed by atoms with Gasteiger partial charge in [0.2, 0.25) is 0 Å². The van der Waals surface area contributed by atoms with E-state index in [-0.39, 0.29) is 6.04 Å². The Morgan fingerprint density at radius 3 is 2.44 bits per heavy atom. The summed E-state index contributed by atoms with van der Waals surface area (Å²) >= 11 is 0. The van der Waals surface area contributed by atoms with E-state index in [0.29, 0.717) is 24.4 Å². The molecule has 4 heteroatoms. The molecule has 0 saturated heterocycles. The molecule has 0 bridgehead atoms. The standard InChI is InChI=1S/C14H28N2O2/c1-10(2)9-11(3)16(4)8-7-13(14(17)18)15-12-5-6-12/h10-13,15H,5-9H2,1-4H3,(H,17,18). The molecule has 1 aliphatic carbocycles. The molecule has 0 aromatic carbocycles. The minimum Gasteiger partial charge on any atom is -0.480 e. The third-order valence-electron chi connectivity index (χ3n) is 3.65. The van der Waals surface area contributed by atoms with Crippen molar-refractivity contribution >= 4 is 5.97 Å². The van der Waals surface area contributed by atoms with Gasteiger partial charge < -0.3 is 15.3 Å². The smallest absolute Gasteiger partial charge is 0.320 e. The van der Waals surface area contributed by atoms with Crippen LogP contribution >= 0.6 is 0 Å². The van der Waals surface area contributed by atoms with Gasteiger partial charge in [-0.1, -0.05) is 13.8 Å². The minimum atomic E-state index is -0.716. The number of carbonyl (C=O) groups is 1. The van der Waals surface area contributed by atoms with E-state index >= 15 is 0 Å². The van der Waals surface area contributed by atoms with Crippen LogP contribution in [0.15, 0.2) is 0 Å². The number of rotatable bonds is 9. The molecule has 2 atom stereocenters. The highest BCUT2D eigenvalue weighted by atomic mass is 16.4. The highest BCUT2D eigenvalue weighted by Crippen LogP contribution is 2.20. The van der Waals surface area contributed by atoms with Crippen LogP contribution in [-0.4, -0.2) is 47.7 Å². The van der Waals surface area contributed by atoms with E-state index < -0.39 is 5.97 Å². The first kappa shape index (κ1) is 15.4. The number of aliphatic carboxylic acids is 1. The zero-order valence-corrected chi connectivity index (χ0v) is 12.1. The summed E-state index contributed by atoms with van der Waals surface area (Å²) in [4.78, 5) is 13.4. The van der Waals surface area contributed by atoms with E-state index in [1.165, 1.54) is 0 Å². The Morgan fingerprint density at radius 1 is 1.39 bits per heavy atom.